The number of benzene rings is 2. The number of rotatable bonds is 10. The fraction of sp³-hybridized carbons (Fsp3) is 0.435. The van der Waals surface area contributed by atoms with Gasteiger partial charge in [-0.05, 0) is 56.5 Å². The van der Waals surface area contributed by atoms with Gasteiger partial charge in [0, 0.05) is 19.6 Å². The Balaban J connectivity index is 0.00000512. The van der Waals surface area contributed by atoms with Crippen molar-refractivity contribution in [1.82, 2.24) is 15.4 Å². The van der Waals surface area contributed by atoms with Crippen LogP contribution in [0.5, 0.6) is 5.75 Å². The lowest BCUT2D eigenvalue weighted by molar-refractivity contribution is 0.223. The second-order valence-electron chi connectivity index (χ2n) is 7.90. The Labute approximate surface area is 209 Å². The van der Waals surface area contributed by atoms with Gasteiger partial charge in [-0.25, -0.2) is 13.1 Å². The highest BCUT2D eigenvalue weighted by atomic mass is 127. The van der Waals surface area contributed by atoms with Crippen molar-refractivity contribution in [2.75, 3.05) is 13.6 Å². The van der Waals surface area contributed by atoms with Crippen molar-refractivity contribution in [3.63, 3.8) is 0 Å². The number of aliphatic imine (C=N–C) groups is 1. The van der Waals surface area contributed by atoms with Crippen molar-refractivity contribution in [2.24, 2.45) is 4.99 Å². The van der Waals surface area contributed by atoms with Gasteiger partial charge in [-0.15, -0.1) is 24.0 Å². The minimum atomic E-state index is -3.32. The summed E-state index contributed by atoms with van der Waals surface area (Å²) in [6.07, 6.45) is -0.0268. The van der Waals surface area contributed by atoms with E-state index < -0.39 is 10.0 Å². The molecule has 1 atom stereocenters. The van der Waals surface area contributed by atoms with Crippen molar-refractivity contribution in [1.29, 1.82) is 0 Å². The topological polar surface area (TPSA) is 91.8 Å². The predicted molar refractivity (Wildman–Crippen MR) is 142 cm³/mol. The number of halogens is 1. The number of guanidine groups is 1. The minimum absolute atomic E-state index is 0. The molecular weight excluding hydrogens is 539 g/mol. The lowest BCUT2D eigenvalue weighted by Crippen LogP contribution is -2.41. The molecule has 7 nitrogen and oxygen atoms in total. The van der Waals surface area contributed by atoms with Gasteiger partial charge in [0.15, 0.2) is 5.96 Å². The van der Waals surface area contributed by atoms with Gasteiger partial charge in [0.05, 0.1) is 12.3 Å². The highest BCUT2D eigenvalue weighted by Crippen LogP contribution is 2.14. The summed E-state index contributed by atoms with van der Waals surface area (Å²) >= 11 is 0. The second-order valence-corrected chi connectivity index (χ2v) is 9.65. The highest BCUT2D eigenvalue weighted by molar-refractivity contribution is 14.0. The molecule has 9 heteroatoms. The quantitative estimate of drug-likeness (QED) is 0.229. The molecule has 0 aliphatic heterocycles. The van der Waals surface area contributed by atoms with Crippen molar-refractivity contribution in [3.8, 4) is 5.75 Å². The van der Waals surface area contributed by atoms with Crippen LogP contribution in [0, 0.1) is 6.92 Å². The van der Waals surface area contributed by atoms with E-state index >= 15 is 0 Å². The number of ether oxygens (including phenoxy) is 1. The lowest BCUT2D eigenvalue weighted by atomic mass is 10.1. The van der Waals surface area contributed by atoms with E-state index in [4.69, 9.17) is 4.74 Å². The number of aryl methyl sites for hydroxylation is 1. The molecule has 0 saturated carbocycles. The Kier molecular flexibility index (Phi) is 12.0. The smallest absolute Gasteiger partial charge is 0.216 e. The summed E-state index contributed by atoms with van der Waals surface area (Å²) in [4.78, 5) is 4.24. The first kappa shape index (κ1) is 28.2. The van der Waals surface area contributed by atoms with E-state index in [0.717, 1.165) is 22.4 Å². The van der Waals surface area contributed by atoms with Crippen molar-refractivity contribution in [3.05, 3.63) is 65.2 Å². The third-order valence-corrected chi connectivity index (χ3v) is 5.91. The zero-order valence-electron chi connectivity index (χ0n) is 19.4. The van der Waals surface area contributed by atoms with Gasteiger partial charge in [0.25, 0.3) is 0 Å². The molecule has 0 amide bonds. The van der Waals surface area contributed by atoms with Crippen molar-refractivity contribution < 1.29 is 13.2 Å². The van der Waals surface area contributed by atoms with Crippen molar-refractivity contribution in [2.45, 2.75) is 52.1 Å². The summed E-state index contributed by atoms with van der Waals surface area (Å²) in [6.45, 7) is 8.84. The number of nitrogens with zero attached hydrogens (tertiary/aromatic N) is 1. The third-order valence-electron chi connectivity index (χ3n) is 4.36. The second kappa shape index (κ2) is 13.6. The molecule has 1 unspecified atom stereocenters. The molecule has 0 heterocycles. The molecule has 0 aliphatic carbocycles. The molecule has 0 saturated heterocycles. The minimum Gasteiger partial charge on any atom is -0.489 e. The first-order valence-corrected chi connectivity index (χ1v) is 12.1. The van der Waals surface area contributed by atoms with Gasteiger partial charge in [-0.3, -0.25) is 4.99 Å². The maximum Gasteiger partial charge on any atom is 0.216 e. The Hall–Kier alpha value is -1.85. The average Bonchev–Trinajstić information content (AvgIpc) is 2.68. The van der Waals surface area contributed by atoms with Crippen LogP contribution in [0.4, 0.5) is 0 Å². The summed E-state index contributed by atoms with van der Waals surface area (Å²) in [5.41, 5.74) is 2.95. The molecule has 0 spiro atoms. The van der Waals surface area contributed by atoms with Crippen LogP contribution in [0.25, 0.3) is 0 Å². The SMILES string of the molecule is CN=C(NCc1ccc(CS(=O)(=O)NC(C)C)cc1)NCC(C)Oc1cccc(C)c1.I. The Bertz CT molecular complexity index is 963. The van der Waals surface area contributed by atoms with Crippen LogP contribution in [0.1, 0.15) is 37.5 Å². The molecule has 178 valence electrons. The van der Waals surface area contributed by atoms with Gasteiger partial charge in [-0.2, -0.15) is 0 Å². The molecule has 2 aromatic carbocycles. The first-order valence-electron chi connectivity index (χ1n) is 10.4. The number of hydrogen-bond donors (Lipinski definition) is 3. The molecule has 3 N–H and O–H groups in total. The maximum atomic E-state index is 12.1. The molecule has 2 rings (SSSR count). The van der Waals surface area contributed by atoms with E-state index in [0.29, 0.717) is 19.0 Å². The molecule has 0 aliphatic rings. The van der Waals surface area contributed by atoms with Crippen LogP contribution in [-0.2, 0) is 22.3 Å². The maximum absolute atomic E-state index is 12.1. The molecule has 32 heavy (non-hydrogen) atoms. The monoisotopic (exact) mass is 574 g/mol. The molecule has 0 radical (unpaired) electrons. The average molecular weight is 575 g/mol. The summed E-state index contributed by atoms with van der Waals surface area (Å²) in [7, 11) is -1.60. The Morgan fingerprint density at radius 2 is 1.69 bits per heavy atom. The van der Waals surface area contributed by atoms with Gasteiger partial charge < -0.3 is 15.4 Å². The lowest BCUT2D eigenvalue weighted by Gasteiger charge is -2.18. The predicted octanol–water partition coefficient (Wildman–Crippen LogP) is 3.57. The number of nitrogens with one attached hydrogen (secondary N) is 3. The van der Waals surface area contributed by atoms with E-state index in [9.17, 15) is 8.42 Å². The highest BCUT2D eigenvalue weighted by Gasteiger charge is 2.13. The van der Waals surface area contributed by atoms with E-state index in [-0.39, 0.29) is 41.9 Å². The third kappa shape index (κ3) is 10.6. The van der Waals surface area contributed by atoms with Crippen LogP contribution >= 0.6 is 24.0 Å². The summed E-state index contributed by atoms with van der Waals surface area (Å²) in [5.74, 6) is 1.50. The fourth-order valence-electron chi connectivity index (χ4n) is 2.98. The first-order chi connectivity index (χ1) is 14.7. The van der Waals surface area contributed by atoms with Gasteiger partial charge in [0.2, 0.25) is 10.0 Å². The summed E-state index contributed by atoms with van der Waals surface area (Å²) in [5, 5.41) is 6.52. The molecule has 0 aromatic heterocycles. The summed E-state index contributed by atoms with van der Waals surface area (Å²) in [6, 6.07) is 15.4. The number of sulfonamides is 1. The standard InChI is InChI=1S/C23H34N4O3S.HI/c1-17(2)27-31(28,29)16-21-11-9-20(10-12-21)15-26-23(24-5)25-14-19(4)30-22-8-6-7-18(3)13-22;/h6-13,17,19,27H,14-16H2,1-5H3,(H2,24,25,26);1H. The zero-order chi connectivity index (χ0) is 22.9. The van der Waals surface area contributed by atoms with Gasteiger partial charge >= 0.3 is 0 Å². The molecule has 0 bridgehead atoms. The summed E-state index contributed by atoms with van der Waals surface area (Å²) < 4.78 is 32.6. The van der Waals surface area contributed by atoms with E-state index in [1.165, 1.54) is 0 Å². The van der Waals surface area contributed by atoms with Crippen LogP contribution in [-0.4, -0.2) is 40.1 Å². The van der Waals surface area contributed by atoms with E-state index in [1.54, 1.807) is 7.05 Å². The van der Waals surface area contributed by atoms with Crippen LogP contribution in [0.15, 0.2) is 53.5 Å². The van der Waals surface area contributed by atoms with E-state index in [2.05, 4.69) is 20.3 Å². The van der Waals surface area contributed by atoms with Crippen LogP contribution in [0.2, 0.25) is 0 Å². The zero-order valence-corrected chi connectivity index (χ0v) is 22.5. The number of hydrogen-bond acceptors (Lipinski definition) is 4. The van der Waals surface area contributed by atoms with Gasteiger partial charge in [-0.1, -0.05) is 36.4 Å². The van der Waals surface area contributed by atoms with E-state index in [1.807, 2.05) is 76.2 Å². The normalized spacial score (nSPS) is 12.8. The van der Waals surface area contributed by atoms with Crippen LogP contribution in [0.3, 0.4) is 0 Å². The largest absolute Gasteiger partial charge is 0.489 e. The van der Waals surface area contributed by atoms with Crippen LogP contribution < -0.4 is 20.1 Å². The molecule has 0 fully saturated rings. The Morgan fingerprint density at radius 3 is 2.28 bits per heavy atom. The van der Waals surface area contributed by atoms with Crippen molar-refractivity contribution >= 4 is 40.0 Å². The Morgan fingerprint density at radius 1 is 1.03 bits per heavy atom. The molecular formula is C23H35IN4O3S. The fourth-order valence-corrected chi connectivity index (χ4v) is 4.42. The molecule has 2 aromatic rings. The van der Waals surface area contributed by atoms with Gasteiger partial charge in [0.1, 0.15) is 11.9 Å².